The molecule has 0 aliphatic rings. The third-order valence-corrected chi connectivity index (χ3v) is 6.43. The second kappa shape index (κ2) is 10.1. The van der Waals surface area contributed by atoms with Gasteiger partial charge in [-0.1, -0.05) is 84.4 Å². The number of benzene rings is 3. The zero-order valence-corrected chi connectivity index (χ0v) is 20.2. The summed E-state index contributed by atoms with van der Waals surface area (Å²) < 4.78 is 1.89. The number of hydrogen-bond acceptors (Lipinski definition) is 3. The van der Waals surface area contributed by atoms with Crippen LogP contribution >= 0.6 is 11.6 Å². The third-order valence-electron chi connectivity index (χ3n) is 6.07. The summed E-state index contributed by atoms with van der Waals surface area (Å²) in [5.41, 5.74) is 5.65. The third kappa shape index (κ3) is 5.10. The molecule has 3 aromatic carbocycles. The largest absolute Gasteiger partial charge is 0.341 e. The highest BCUT2D eigenvalue weighted by Crippen LogP contribution is 2.25. The molecule has 0 saturated heterocycles. The van der Waals surface area contributed by atoms with Crippen molar-refractivity contribution in [2.45, 2.75) is 19.5 Å². The topological polar surface area (TPSA) is 51.0 Å². The van der Waals surface area contributed by atoms with Crippen LogP contribution in [0.4, 0.5) is 0 Å². The minimum Gasteiger partial charge on any atom is -0.341 e. The average Bonchev–Trinajstić information content (AvgIpc) is 3.28. The predicted molar refractivity (Wildman–Crippen MR) is 140 cm³/mol. The van der Waals surface area contributed by atoms with Crippen molar-refractivity contribution in [2.24, 2.45) is 0 Å². The van der Waals surface area contributed by atoms with Gasteiger partial charge < -0.3 is 4.90 Å². The summed E-state index contributed by atoms with van der Waals surface area (Å²) in [4.78, 5) is 19.4. The van der Waals surface area contributed by atoms with E-state index in [1.807, 2.05) is 103 Å². The van der Waals surface area contributed by atoms with Gasteiger partial charge in [0.1, 0.15) is 0 Å². The molecule has 0 fully saturated rings. The van der Waals surface area contributed by atoms with E-state index in [0.717, 1.165) is 38.9 Å². The molecule has 6 heteroatoms. The second-order valence-corrected chi connectivity index (χ2v) is 8.98. The molecule has 0 spiro atoms. The van der Waals surface area contributed by atoms with E-state index in [4.69, 9.17) is 16.7 Å². The Morgan fingerprint density at radius 1 is 0.886 bits per heavy atom. The van der Waals surface area contributed by atoms with E-state index in [1.54, 1.807) is 11.1 Å². The van der Waals surface area contributed by atoms with Gasteiger partial charge in [-0.05, 0) is 23.3 Å². The first-order valence-electron chi connectivity index (χ1n) is 11.5. The lowest BCUT2D eigenvalue weighted by molar-refractivity contribution is -0.129. The number of halogens is 1. The number of fused-ring (bicyclic) bond motifs is 1. The Bertz CT molecular complexity index is 1470. The fraction of sp³-hybridized carbons (Fsp3) is 0.138. The lowest BCUT2D eigenvalue weighted by Gasteiger charge is -2.17. The summed E-state index contributed by atoms with van der Waals surface area (Å²) in [6.45, 7) is 1.00. The maximum absolute atomic E-state index is 13.2. The van der Waals surface area contributed by atoms with Gasteiger partial charge >= 0.3 is 0 Å². The van der Waals surface area contributed by atoms with Crippen LogP contribution in [0.1, 0.15) is 16.7 Å². The van der Waals surface area contributed by atoms with Gasteiger partial charge in [0, 0.05) is 47.5 Å². The van der Waals surface area contributed by atoms with Gasteiger partial charge in [-0.2, -0.15) is 5.10 Å². The van der Waals surface area contributed by atoms with Crippen molar-refractivity contribution in [1.29, 1.82) is 0 Å². The summed E-state index contributed by atoms with van der Waals surface area (Å²) >= 11 is 6.38. The monoisotopic (exact) mass is 480 g/mol. The van der Waals surface area contributed by atoms with E-state index in [2.05, 4.69) is 4.98 Å². The molecule has 0 aliphatic heterocycles. The number of pyridine rings is 1. The van der Waals surface area contributed by atoms with E-state index >= 15 is 0 Å². The Morgan fingerprint density at radius 3 is 2.46 bits per heavy atom. The Morgan fingerprint density at radius 2 is 1.63 bits per heavy atom. The summed E-state index contributed by atoms with van der Waals surface area (Å²) in [7, 11) is 1.83. The van der Waals surface area contributed by atoms with Crippen LogP contribution in [-0.4, -0.2) is 32.6 Å². The van der Waals surface area contributed by atoms with Crippen LogP contribution < -0.4 is 0 Å². The summed E-state index contributed by atoms with van der Waals surface area (Å²) in [6.07, 6.45) is 4.06. The highest BCUT2D eigenvalue weighted by Gasteiger charge is 2.18. The number of likely N-dealkylation sites (N-methyl/N-ethyl adjacent to an activating group) is 1. The smallest absolute Gasteiger partial charge is 0.227 e. The van der Waals surface area contributed by atoms with Crippen LogP contribution in [0.5, 0.6) is 0 Å². The highest BCUT2D eigenvalue weighted by atomic mass is 35.5. The van der Waals surface area contributed by atoms with E-state index in [-0.39, 0.29) is 5.91 Å². The van der Waals surface area contributed by atoms with E-state index in [1.165, 1.54) is 0 Å². The number of hydrogen-bond donors (Lipinski definition) is 0. The van der Waals surface area contributed by atoms with Crippen molar-refractivity contribution in [3.05, 3.63) is 119 Å². The Hall–Kier alpha value is -3.96. The fourth-order valence-electron chi connectivity index (χ4n) is 4.25. The summed E-state index contributed by atoms with van der Waals surface area (Å²) in [5.74, 6) is 0.0287. The molecule has 0 saturated carbocycles. The molecule has 0 bridgehead atoms. The van der Waals surface area contributed by atoms with E-state index in [0.29, 0.717) is 24.5 Å². The van der Waals surface area contributed by atoms with Crippen LogP contribution in [0.25, 0.3) is 22.2 Å². The first-order chi connectivity index (χ1) is 17.1. The number of aromatic nitrogens is 3. The van der Waals surface area contributed by atoms with Gasteiger partial charge in [-0.3, -0.25) is 14.5 Å². The number of nitrogens with zero attached hydrogens (tertiary/aromatic N) is 4. The average molecular weight is 481 g/mol. The van der Waals surface area contributed by atoms with Gasteiger partial charge in [-0.25, -0.2) is 0 Å². The lowest BCUT2D eigenvalue weighted by atomic mass is 10.1. The quantitative estimate of drug-likeness (QED) is 0.287. The van der Waals surface area contributed by atoms with Crippen LogP contribution in [0.3, 0.4) is 0 Å². The molecule has 0 aliphatic carbocycles. The predicted octanol–water partition coefficient (Wildman–Crippen LogP) is 6.00. The number of rotatable bonds is 7. The summed E-state index contributed by atoms with van der Waals surface area (Å²) in [5, 5.41) is 6.61. The van der Waals surface area contributed by atoms with Crippen molar-refractivity contribution in [1.82, 2.24) is 19.7 Å². The molecular formula is C29H25ClN4O. The van der Waals surface area contributed by atoms with E-state index in [9.17, 15) is 4.79 Å². The van der Waals surface area contributed by atoms with Gasteiger partial charge in [0.15, 0.2) is 0 Å². The maximum atomic E-state index is 13.2. The molecule has 174 valence electrons. The van der Waals surface area contributed by atoms with Crippen molar-refractivity contribution in [3.63, 3.8) is 0 Å². The maximum Gasteiger partial charge on any atom is 0.227 e. The Labute approximate surface area is 209 Å². The Balaban J connectivity index is 1.40. The number of para-hydroxylation sites is 1. The minimum absolute atomic E-state index is 0.0287. The molecule has 1 amide bonds. The lowest BCUT2D eigenvalue weighted by Crippen LogP contribution is -2.28. The van der Waals surface area contributed by atoms with Crippen LogP contribution in [0.15, 0.2) is 97.3 Å². The molecule has 35 heavy (non-hydrogen) atoms. The molecule has 2 aromatic heterocycles. The number of amides is 1. The van der Waals surface area contributed by atoms with Crippen molar-refractivity contribution in [3.8, 4) is 11.3 Å². The van der Waals surface area contributed by atoms with Crippen molar-refractivity contribution in [2.75, 3.05) is 7.05 Å². The first kappa shape index (κ1) is 22.8. The fourth-order valence-corrected chi connectivity index (χ4v) is 4.45. The van der Waals surface area contributed by atoms with E-state index < -0.39 is 0 Å². The van der Waals surface area contributed by atoms with Crippen LogP contribution in [-0.2, 0) is 24.3 Å². The molecule has 5 rings (SSSR count). The molecule has 0 unspecified atom stereocenters. The zero-order valence-electron chi connectivity index (χ0n) is 19.4. The van der Waals surface area contributed by atoms with Crippen molar-refractivity contribution < 1.29 is 4.79 Å². The van der Waals surface area contributed by atoms with Crippen LogP contribution in [0.2, 0.25) is 5.02 Å². The van der Waals surface area contributed by atoms with Gasteiger partial charge in [-0.15, -0.1) is 0 Å². The molecule has 0 atom stereocenters. The zero-order chi connectivity index (χ0) is 24.2. The van der Waals surface area contributed by atoms with Crippen LogP contribution in [0, 0.1) is 0 Å². The second-order valence-electron chi connectivity index (χ2n) is 8.58. The summed E-state index contributed by atoms with van der Waals surface area (Å²) in [6, 6.07) is 27.7. The molecule has 5 aromatic rings. The van der Waals surface area contributed by atoms with Gasteiger partial charge in [0.05, 0.1) is 24.2 Å². The minimum atomic E-state index is 0.0287. The molecule has 5 nitrogen and oxygen atoms in total. The SMILES string of the molecule is CN(Cc1cn(Cc2ccccc2Cl)nc1-c1ccccc1)C(=O)Cc1cccc2cccnc12. The molecule has 2 heterocycles. The number of carbonyl (C=O) groups excluding carboxylic acids is 1. The highest BCUT2D eigenvalue weighted by molar-refractivity contribution is 6.31. The Kier molecular flexibility index (Phi) is 6.59. The number of carbonyl (C=O) groups is 1. The molecule has 0 N–H and O–H groups in total. The normalized spacial score (nSPS) is 11.0. The first-order valence-corrected chi connectivity index (χ1v) is 11.9. The van der Waals surface area contributed by atoms with Gasteiger partial charge in [0.25, 0.3) is 0 Å². The standard InChI is InChI=1S/C29H25ClN4O/c1-33(27(35)17-23-13-7-12-21-14-8-16-31-28(21)23)18-25-20-34(19-24-11-5-6-15-26(24)30)32-29(25)22-9-3-2-4-10-22/h2-16,20H,17-19H2,1H3. The van der Waals surface area contributed by atoms with Gasteiger partial charge in [0.2, 0.25) is 5.91 Å². The molecular weight excluding hydrogens is 456 g/mol. The van der Waals surface area contributed by atoms with Crippen molar-refractivity contribution >= 4 is 28.4 Å². The molecule has 0 radical (unpaired) electrons.